The second kappa shape index (κ2) is 9.25. The lowest BCUT2D eigenvalue weighted by Crippen LogP contribution is -2.42. The first-order valence-electron chi connectivity index (χ1n) is 9.83. The zero-order chi connectivity index (χ0) is 22.6. The van der Waals surface area contributed by atoms with Crippen molar-refractivity contribution in [2.24, 2.45) is 0 Å². The van der Waals surface area contributed by atoms with E-state index in [9.17, 15) is 28.1 Å². The lowest BCUT2D eigenvalue weighted by Gasteiger charge is -2.23. The highest BCUT2D eigenvalue weighted by Gasteiger charge is 2.30. The molecule has 1 aliphatic heterocycles. The summed E-state index contributed by atoms with van der Waals surface area (Å²) >= 11 is 0. The van der Waals surface area contributed by atoms with Gasteiger partial charge in [0.15, 0.2) is 15.6 Å². The van der Waals surface area contributed by atoms with Crippen LogP contribution >= 0.6 is 0 Å². The number of benzene rings is 2. The van der Waals surface area contributed by atoms with Crippen molar-refractivity contribution in [2.75, 3.05) is 29.5 Å². The normalized spacial score (nSPS) is 17.1. The summed E-state index contributed by atoms with van der Waals surface area (Å²) in [4.78, 5) is 37.7. The van der Waals surface area contributed by atoms with Crippen molar-refractivity contribution < 1.29 is 22.9 Å². The Morgan fingerprint density at radius 3 is 2.45 bits per heavy atom. The Bertz CT molecular complexity index is 1100. The molecule has 9 nitrogen and oxygen atoms in total. The van der Waals surface area contributed by atoms with Crippen LogP contribution in [0.5, 0.6) is 0 Å². The molecule has 1 aliphatic rings. The molecule has 0 saturated carbocycles. The Kier molecular flexibility index (Phi) is 6.69. The summed E-state index contributed by atoms with van der Waals surface area (Å²) in [5, 5.41) is 14.4. The Balaban J connectivity index is 1.80. The molecule has 0 unspecified atom stereocenters. The largest absolute Gasteiger partial charge is 0.357 e. The maximum Gasteiger partial charge on any atom is 0.293 e. The second-order valence-corrected chi connectivity index (χ2v) is 9.57. The average Bonchev–Trinajstić information content (AvgIpc) is 3.09. The fourth-order valence-electron chi connectivity index (χ4n) is 3.56. The van der Waals surface area contributed by atoms with Crippen molar-refractivity contribution in [1.82, 2.24) is 5.32 Å². The zero-order valence-electron chi connectivity index (χ0n) is 17.0. The molecule has 1 fully saturated rings. The average molecular weight is 445 g/mol. The van der Waals surface area contributed by atoms with Gasteiger partial charge in [-0.05, 0) is 25.5 Å². The number of nitrogens with one attached hydrogen (secondary N) is 1. The van der Waals surface area contributed by atoms with Crippen LogP contribution in [0.25, 0.3) is 0 Å². The van der Waals surface area contributed by atoms with Gasteiger partial charge in [0.05, 0.1) is 23.0 Å². The fourth-order valence-corrected chi connectivity index (χ4v) is 5.23. The highest BCUT2D eigenvalue weighted by atomic mass is 32.2. The highest BCUT2D eigenvalue weighted by molar-refractivity contribution is 7.91. The van der Waals surface area contributed by atoms with Crippen molar-refractivity contribution >= 4 is 32.9 Å². The number of carbonyl (C=O) groups excluding carboxylic acids is 2. The molecule has 164 valence electrons. The molecule has 10 heteroatoms. The van der Waals surface area contributed by atoms with Crippen molar-refractivity contribution in [3.63, 3.8) is 0 Å². The molecule has 2 aromatic rings. The van der Waals surface area contributed by atoms with Crippen LogP contribution in [-0.2, 0) is 14.6 Å². The minimum Gasteiger partial charge on any atom is -0.357 e. The van der Waals surface area contributed by atoms with Gasteiger partial charge < -0.3 is 10.2 Å². The number of hydrogen-bond acceptors (Lipinski definition) is 7. The number of likely N-dealkylation sites (N-methyl/N-ethyl adjacent to an activating group) is 1. The monoisotopic (exact) mass is 445 g/mol. The Morgan fingerprint density at radius 1 is 1.16 bits per heavy atom. The van der Waals surface area contributed by atoms with E-state index in [1.165, 1.54) is 23.1 Å². The summed E-state index contributed by atoms with van der Waals surface area (Å²) in [6.07, 6.45) is 0.358. The summed E-state index contributed by atoms with van der Waals surface area (Å²) < 4.78 is 23.1. The van der Waals surface area contributed by atoms with Crippen LogP contribution in [0.2, 0.25) is 0 Å². The predicted octanol–water partition coefficient (Wildman–Crippen LogP) is 1.96. The Hall–Kier alpha value is -3.27. The molecule has 1 heterocycles. The number of carbonyl (C=O) groups is 2. The van der Waals surface area contributed by atoms with Gasteiger partial charge >= 0.3 is 0 Å². The number of hydrogen-bond donors (Lipinski definition) is 1. The van der Waals surface area contributed by atoms with Crippen LogP contribution in [0.4, 0.5) is 11.4 Å². The molecule has 3 rings (SSSR count). The first kappa shape index (κ1) is 22.4. The van der Waals surface area contributed by atoms with Crippen molar-refractivity contribution in [2.45, 2.75) is 19.4 Å². The number of anilines is 1. The maximum atomic E-state index is 12.6. The smallest absolute Gasteiger partial charge is 0.293 e. The lowest BCUT2D eigenvalue weighted by atomic mass is 10.0. The van der Waals surface area contributed by atoms with Crippen LogP contribution in [0.3, 0.4) is 0 Å². The number of ketones is 1. The van der Waals surface area contributed by atoms with Gasteiger partial charge in [-0.3, -0.25) is 19.7 Å². The van der Waals surface area contributed by atoms with E-state index in [1.807, 2.05) is 0 Å². The van der Waals surface area contributed by atoms with E-state index in [2.05, 4.69) is 5.32 Å². The molecular formula is C21H23N3O6S. The molecular weight excluding hydrogens is 422 g/mol. The first-order valence-corrected chi connectivity index (χ1v) is 11.6. The highest BCUT2D eigenvalue weighted by Crippen LogP contribution is 2.30. The minimum atomic E-state index is -3.13. The van der Waals surface area contributed by atoms with E-state index in [4.69, 9.17) is 0 Å². The zero-order valence-corrected chi connectivity index (χ0v) is 17.8. The van der Waals surface area contributed by atoms with E-state index in [0.717, 1.165) is 0 Å². The molecule has 0 bridgehead atoms. The second-order valence-electron chi connectivity index (χ2n) is 7.34. The molecule has 0 aliphatic carbocycles. The lowest BCUT2D eigenvalue weighted by molar-refractivity contribution is -0.384. The third-order valence-corrected chi connectivity index (χ3v) is 6.89. The molecule has 1 N–H and O–H groups in total. The van der Waals surface area contributed by atoms with Gasteiger partial charge in [-0.25, -0.2) is 8.42 Å². The summed E-state index contributed by atoms with van der Waals surface area (Å²) in [5.74, 6) is -0.805. The number of nitrogens with zero attached hydrogens (tertiary/aromatic N) is 2. The van der Waals surface area contributed by atoms with Crippen LogP contribution in [0.1, 0.15) is 29.3 Å². The van der Waals surface area contributed by atoms with E-state index in [1.54, 1.807) is 37.3 Å². The fraction of sp³-hybridized carbons (Fsp3) is 0.333. The van der Waals surface area contributed by atoms with Gasteiger partial charge in [0.2, 0.25) is 5.91 Å². The van der Waals surface area contributed by atoms with Crippen molar-refractivity contribution in [3.8, 4) is 0 Å². The summed E-state index contributed by atoms with van der Waals surface area (Å²) in [6, 6.07) is 12.2. The summed E-state index contributed by atoms with van der Waals surface area (Å²) in [7, 11) is -3.13. The molecule has 1 saturated heterocycles. The topological polar surface area (TPSA) is 127 Å². The number of sulfone groups is 1. The molecule has 2 aromatic carbocycles. The molecule has 1 amide bonds. The van der Waals surface area contributed by atoms with Crippen LogP contribution in [0, 0.1) is 10.1 Å². The van der Waals surface area contributed by atoms with Crippen molar-refractivity contribution in [1.29, 1.82) is 0 Å². The predicted molar refractivity (Wildman–Crippen MR) is 116 cm³/mol. The molecule has 0 radical (unpaired) electrons. The van der Waals surface area contributed by atoms with Gasteiger partial charge in [0, 0.05) is 29.8 Å². The SMILES string of the molecule is CCN(CC(=O)N[C@@H]1CCS(=O)(=O)C1)c1ccc(C(=O)c2ccccc2)cc1[N+](=O)[O-]. The standard InChI is InChI=1S/C21H23N3O6S/c1-2-23(13-20(25)22-17-10-11-31(29,30)14-17)18-9-8-16(12-19(18)24(27)28)21(26)15-6-4-3-5-7-15/h3-9,12,17H,2,10-11,13-14H2,1H3,(H,22,25)/t17-/m1/s1. The third kappa shape index (κ3) is 5.46. The van der Waals surface area contributed by atoms with E-state index < -0.39 is 26.7 Å². The molecule has 31 heavy (non-hydrogen) atoms. The van der Waals surface area contributed by atoms with Gasteiger partial charge in [0.1, 0.15) is 5.69 Å². The number of rotatable bonds is 8. The van der Waals surface area contributed by atoms with Gasteiger partial charge in [0.25, 0.3) is 5.69 Å². The number of nitro groups is 1. The summed E-state index contributed by atoms with van der Waals surface area (Å²) in [5.41, 5.74) is 0.535. The quantitative estimate of drug-likeness (QED) is 0.374. The first-order chi connectivity index (χ1) is 14.7. The van der Waals surface area contributed by atoms with Crippen LogP contribution < -0.4 is 10.2 Å². The van der Waals surface area contributed by atoms with Crippen LogP contribution in [0.15, 0.2) is 48.5 Å². The van der Waals surface area contributed by atoms with Gasteiger partial charge in [-0.15, -0.1) is 0 Å². The van der Waals surface area contributed by atoms with E-state index >= 15 is 0 Å². The van der Waals surface area contributed by atoms with Gasteiger partial charge in [-0.1, -0.05) is 30.3 Å². The molecule has 0 spiro atoms. The van der Waals surface area contributed by atoms with E-state index in [-0.39, 0.29) is 40.8 Å². The maximum absolute atomic E-state index is 12.6. The number of nitro benzene ring substituents is 1. The molecule has 1 atom stereocenters. The Labute approximate surface area is 180 Å². The van der Waals surface area contributed by atoms with Crippen molar-refractivity contribution in [3.05, 3.63) is 69.8 Å². The third-order valence-electron chi connectivity index (χ3n) is 5.12. The number of amides is 1. The minimum absolute atomic E-state index is 0.0395. The van der Waals surface area contributed by atoms with E-state index in [0.29, 0.717) is 18.5 Å². The summed E-state index contributed by atoms with van der Waals surface area (Å²) in [6.45, 7) is 1.89. The Morgan fingerprint density at radius 2 is 1.87 bits per heavy atom. The molecule has 0 aromatic heterocycles. The van der Waals surface area contributed by atoms with Gasteiger partial charge in [-0.2, -0.15) is 0 Å². The van der Waals surface area contributed by atoms with Crippen LogP contribution in [-0.4, -0.2) is 55.7 Å².